The Hall–Kier alpha value is -2.71. The van der Waals surface area contributed by atoms with Crippen molar-refractivity contribution in [2.75, 3.05) is 0 Å². The van der Waals surface area contributed by atoms with Crippen molar-refractivity contribution < 1.29 is 14.7 Å². The summed E-state index contributed by atoms with van der Waals surface area (Å²) in [4.78, 5) is 25.1. The van der Waals surface area contributed by atoms with Gasteiger partial charge in [-0.2, -0.15) is 4.99 Å². The summed E-state index contributed by atoms with van der Waals surface area (Å²) in [7, 11) is 0. The van der Waals surface area contributed by atoms with Crippen LogP contribution < -0.4 is 0 Å². The van der Waals surface area contributed by atoms with E-state index in [1.54, 1.807) is 19.9 Å². The summed E-state index contributed by atoms with van der Waals surface area (Å²) in [5.74, 6) is -0.528. The average Bonchev–Trinajstić information content (AvgIpc) is 2.68. The van der Waals surface area contributed by atoms with Gasteiger partial charge in [-0.25, -0.2) is 4.79 Å². The van der Waals surface area contributed by atoms with Gasteiger partial charge in [0.25, 0.3) is 0 Å². The number of nitrogens with zero attached hydrogens (tertiary/aromatic N) is 1. The third-order valence-electron chi connectivity index (χ3n) is 5.63. The van der Waals surface area contributed by atoms with Gasteiger partial charge >= 0.3 is 5.97 Å². The Balaban J connectivity index is 0.000000280. The molecule has 0 aliphatic rings. The molecule has 2 aromatic carbocycles. The highest BCUT2D eigenvalue weighted by atomic mass is 16.4. The third-order valence-corrected chi connectivity index (χ3v) is 5.63. The fourth-order valence-electron chi connectivity index (χ4n) is 2.71. The van der Waals surface area contributed by atoms with Gasteiger partial charge in [0.05, 0.1) is 11.0 Å². The normalized spacial score (nSPS) is 13.4. The van der Waals surface area contributed by atoms with Crippen molar-refractivity contribution in [3.63, 3.8) is 0 Å². The van der Waals surface area contributed by atoms with Crippen molar-refractivity contribution in [3.05, 3.63) is 71.8 Å². The van der Waals surface area contributed by atoms with E-state index in [1.165, 1.54) is 5.56 Å². The molecule has 0 spiro atoms. The van der Waals surface area contributed by atoms with Gasteiger partial charge in [-0.05, 0) is 44.7 Å². The van der Waals surface area contributed by atoms with Crippen LogP contribution in [0.1, 0.15) is 64.5 Å². The number of carboxylic acids is 1. The number of carboxylic acid groups (broad SMARTS) is 1. The zero-order valence-electron chi connectivity index (χ0n) is 17.6. The van der Waals surface area contributed by atoms with Crippen LogP contribution in [0.2, 0.25) is 0 Å². The summed E-state index contributed by atoms with van der Waals surface area (Å²) in [5, 5.41) is 9.07. The topological polar surface area (TPSA) is 66.7 Å². The average molecular weight is 382 g/mol. The largest absolute Gasteiger partial charge is 0.481 e. The summed E-state index contributed by atoms with van der Waals surface area (Å²) < 4.78 is 0. The van der Waals surface area contributed by atoms with E-state index >= 15 is 0 Å². The predicted molar refractivity (Wildman–Crippen MR) is 113 cm³/mol. The first-order valence-corrected chi connectivity index (χ1v) is 9.46. The van der Waals surface area contributed by atoms with Gasteiger partial charge in [-0.1, -0.05) is 74.5 Å². The van der Waals surface area contributed by atoms with Gasteiger partial charge in [-0.3, -0.25) is 4.79 Å². The van der Waals surface area contributed by atoms with Crippen LogP contribution in [0, 0.1) is 5.41 Å². The zero-order chi connectivity index (χ0) is 21.4. The number of hydrogen-bond donors (Lipinski definition) is 1. The zero-order valence-corrected chi connectivity index (χ0v) is 17.6. The van der Waals surface area contributed by atoms with Crippen LogP contribution in [0.3, 0.4) is 0 Å². The van der Waals surface area contributed by atoms with Crippen LogP contribution in [0.15, 0.2) is 65.7 Å². The number of isocyanates is 1. The molecule has 0 radical (unpaired) electrons. The van der Waals surface area contributed by atoms with Crippen LogP contribution in [0.5, 0.6) is 0 Å². The number of aliphatic imine (C=N–C) groups is 1. The highest BCUT2D eigenvalue weighted by Crippen LogP contribution is 2.35. The van der Waals surface area contributed by atoms with E-state index in [0.717, 1.165) is 5.56 Å². The minimum atomic E-state index is -0.756. The lowest BCUT2D eigenvalue weighted by Gasteiger charge is -2.27. The molecule has 2 unspecified atom stereocenters. The fraction of sp³-hybridized carbons (Fsp3) is 0.417. The third kappa shape index (κ3) is 6.17. The maximum atomic E-state index is 11.0. The number of hydrogen-bond acceptors (Lipinski definition) is 3. The second-order valence-corrected chi connectivity index (χ2v) is 8.15. The van der Waals surface area contributed by atoms with E-state index in [0.29, 0.717) is 0 Å². The number of carbonyl (C=O) groups is 1. The Morgan fingerprint density at radius 1 is 0.857 bits per heavy atom. The van der Waals surface area contributed by atoms with E-state index < -0.39 is 11.4 Å². The van der Waals surface area contributed by atoms with Crippen LogP contribution in [-0.2, 0) is 9.59 Å². The van der Waals surface area contributed by atoms with Crippen LogP contribution in [-0.4, -0.2) is 22.7 Å². The van der Waals surface area contributed by atoms with E-state index in [1.807, 2.05) is 81.4 Å². The quantitative estimate of drug-likeness (QED) is 0.507. The summed E-state index contributed by atoms with van der Waals surface area (Å²) >= 11 is 0. The Morgan fingerprint density at radius 3 is 1.61 bits per heavy atom. The summed E-state index contributed by atoms with van der Waals surface area (Å²) in [5.41, 5.74) is 1.15. The second-order valence-electron chi connectivity index (χ2n) is 8.15. The summed E-state index contributed by atoms with van der Waals surface area (Å²) in [6, 6.07) is 19.8. The maximum Gasteiger partial charge on any atom is 0.309 e. The van der Waals surface area contributed by atoms with Crippen molar-refractivity contribution >= 4 is 12.0 Å². The Morgan fingerprint density at radius 2 is 1.25 bits per heavy atom. The number of carbonyl (C=O) groups excluding carboxylic acids is 1. The predicted octanol–water partition coefficient (Wildman–Crippen LogP) is 5.81. The number of rotatable bonds is 6. The van der Waals surface area contributed by atoms with Crippen molar-refractivity contribution in [3.8, 4) is 0 Å². The number of benzene rings is 2. The Labute approximate surface area is 168 Å². The van der Waals surface area contributed by atoms with Gasteiger partial charge in [0.15, 0.2) is 0 Å². The molecule has 2 atom stereocenters. The molecular weight excluding hydrogens is 350 g/mol. The minimum absolute atomic E-state index is 0.0150. The second kappa shape index (κ2) is 10.0. The van der Waals surface area contributed by atoms with E-state index in [4.69, 9.17) is 5.11 Å². The van der Waals surface area contributed by atoms with Gasteiger partial charge in [0.1, 0.15) is 0 Å². The highest BCUT2D eigenvalue weighted by Gasteiger charge is 2.34. The molecule has 150 valence electrons. The smallest absolute Gasteiger partial charge is 0.309 e. The monoisotopic (exact) mass is 381 g/mol. The van der Waals surface area contributed by atoms with Crippen molar-refractivity contribution in [2.24, 2.45) is 10.4 Å². The standard InChI is InChI=1S/C12H15NO.C12H16O2/c1-10(12(2,3)13-9-14)11-7-5-4-6-8-11;1-9(12(2,3)11(13)14)10-7-5-4-6-8-10/h4-8,10H,1-3H3;4-9H,1-3H3,(H,13,14). The van der Waals surface area contributed by atoms with E-state index in [9.17, 15) is 9.59 Å². The molecule has 0 aliphatic heterocycles. The molecule has 4 nitrogen and oxygen atoms in total. The van der Waals surface area contributed by atoms with Gasteiger partial charge in [0, 0.05) is 5.92 Å². The summed E-state index contributed by atoms with van der Waals surface area (Å²) in [6.45, 7) is 11.4. The molecule has 1 N–H and O–H groups in total. The first kappa shape index (κ1) is 23.3. The van der Waals surface area contributed by atoms with Gasteiger partial charge in [0.2, 0.25) is 6.08 Å². The van der Waals surface area contributed by atoms with Crippen molar-refractivity contribution in [2.45, 2.75) is 58.9 Å². The van der Waals surface area contributed by atoms with Crippen LogP contribution in [0.25, 0.3) is 0 Å². The van der Waals surface area contributed by atoms with Crippen LogP contribution >= 0.6 is 0 Å². The lowest BCUT2D eigenvalue weighted by atomic mass is 9.76. The van der Waals surface area contributed by atoms with E-state index in [-0.39, 0.29) is 17.4 Å². The Bertz CT molecular complexity index is 736. The molecule has 0 aromatic heterocycles. The SMILES string of the molecule is CC(c1ccccc1)C(C)(C)C(=O)O.CC(c1ccccc1)C(C)(C)N=C=O. The molecule has 0 amide bonds. The van der Waals surface area contributed by atoms with E-state index in [2.05, 4.69) is 11.9 Å². The lowest BCUT2D eigenvalue weighted by molar-refractivity contribution is -0.148. The molecule has 0 saturated carbocycles. The minimum Gasteiger partial charge on any atom is -0.481 e. The van der Waals surface area contributed by atoms with Crippen molar-refractivity contribution in [1.29, 1.82) is 0 Å². The first-order chi connectivity index (χ1) is 13.0. The molecule has 2 aromatic rings. The van der Waals surface area contributed by atoms with Crippen LogP contribution in [0.4, 0.5) is 0 Å². The summed E-state index contributed by atoms with van der Waals surface area (Å²) in [6.07, 6.45) is 1.63. The molecule has 0 bridgehead atoms. The Kier molecular flexibility index (Phi) is 8.34. The van der Waals surface area contributed by atoms with Gasteiger partial charge < -0.3 is 5.11 Å². The molecule has 4 heteroatoms. The number of aliphatic carboxylic acids is 1. The molecule has 0 fully saturated rings. The first-order valence-electron chi connectivity index (χ1n) is 9.46. The molecule has 0 saturated heterocycles. The highest BCUT2D eigenvalue weighted by molar-refractivity contribution is 5.75. The lowest BCUT2D eigenvalue weighted by Crippen LogP contribution is -2.29. The molecular formula is C24H31NO3. The molecule has 28 heavy (non-hydrogen) atoms. The molecule has 2 rings (SSSR count). The maximum absolute atomic E-state index is 11.0. The van der Waals surface area contributed by atoms with Crippen molar-refractivity contribution in [1.82, 2.24) is 0 Å². The van der Waals surface area contributed by atoms with Gasteiger partial charge in [-0.15, -0.1) is 0 Å². The molecule has 0 aliphatic carbocycles. The fourth-order valence-corrected chi connectivity index (χ4v) is 2.71. The molecule has 0 heterocycles.